The van der Waals surface area contributed by atoms with Gasteiger partial charge in [0.2, 0.25) is 0 Å². The second kappa shape index (κ2) is 7.29. The number of rotatable bonds is 5. The maximum absolute atomic E-state index is 12.1. The molecule has 1 aliphatic rings. The number of hydrogen-bond donors (Lipinski definition) is 2. The predicted molar refractivity (Wildman–Crippen MR) is 80.1 cm³/mol. The van der Waals surface area contributed by atoms with Crippen molar-refractivity contribution < 1.29 is 9.53 Å². The monoisotopic (exact) mass is 276 g/mol. The van der Waals surface area contributed by atoms with Gasteiger partial charge in [0, 0.05) is 18.5 Å². The van der Waals surface area contributed by atoms with Crippen LogP contribution in [0.1, 0.15) is 37.0 Å². The molecular formula is C16H24N2O2. The third-order valence-electron chi connectivity index (χ3n) is 3.42. The Labute approximate surface area is 120 Å². The number of para-hydroxylation sites is 1. The summed E-state index contributed by atoms with van der Waals surface area (Å²) < 4.78 is 5.88. The van der Waals surface area contributed by atoms with Gasteiger partial charge in [0.1, 0.15) is 5.75 Å². The van der Waals surface area contributed by atoms with Crippen LogP contribution in [0, 0.1) is 5.92 Å². The molecule has 1 aromatic carbocycles. The van der Waals surface area contributed by atoms with Crippen molar-refractivity contribution in [1.82, 2.24) is 10.6 Å². The standard InChI is InChI=1S/C16H24N2O2/c1-12(2)18-16(19)14-7-3-4-8-15(14)20-11-13-6-5-9-17-10-13/h3-4,7-8,12-13,17H,5-6,9-11H2,1-2H3,(H,18,19). The molecule has 0 aliphatic carbocycles. The zero-order chi connectivity index (χ0) is 14.4. The summed E-state index contributed by atoms with van der Waals surface area (Å²) in [5.41, 5.74) is 0.616. The van der Waals surface area contributed by atoms with Crippen molar-refractivity contribution in [2.24, 2.45) is 5.92 Å². The van der Waals surface area contributed by atoms with Crippen molar-refractivity contribution >= 4 is 5.91 Å². The number of ether oxygens (including phenoxy) is 1. The van der Waals surface area contributed by atoms with Crippen molar-refractivity contribution in [1.29, 1.82) is 0 Å². The van der Waals surface area contributed by atoms with E-state index in [1.165, 1.54) is 12.8 Å². The van der Waals surface area contributed by atoms with Gasteiger partial charge < -0.3 is 15.4 Å². The molecule has 110 valence electrons. The van der Waals surface area contributed by atoms with E-state index in [0.29, 0.717) is 23.8 Å². The average Bonchev–Trinajstić information content (AvgIpc) is 2.46. The number of hydrogen-bond acceptors (Lipinski definition) is 3. The van der Waals surface area contributed by atoms with E-state index < -0.39 is 0 Å². The molecule has 0 bridgehead atoms. The molecule has 2 N–H and O–H groups in total. The minimum atomic E-state index is -0.0719. The van der Waals surface area contributed by atoms with Crippen LogP contribution in [-0.2, 0) is 0 Å². The van der Waals surface area contributed by atoms with Crippen LogP contribution in [0.5, 0.6) is 5.75 Å². The largest absolute Gasteiger partial charge is 0.492 e. The third kappa shape index (κ3) is 4.23. The van der Waals surface area contributed by atoms with Crippen LogP contribution in [0.3, 0.4) is 0 Å². The van der Waals surface area contributed by atoms with Crippen molar-refractivity contribution in [3.63, 3.8) is 0 Å². The first-order valence-electron chi connectivity index (χ1n) is 7.40. The number of amides is 1. The Balaban J connectivity index is 1.98. The van der Waals surface area contributed by atoms with E-state index in [1.54, 1.807) is 0 Å². The molecule has 0 radical (unpaired) electrons. The van der Waals surface area contributed by atoms with Crippen LogP contribution < -0.4 is 15.4 Å². The first-order valence-corrected chi connectivity index (χ1v) is 7.40. The van der Waals surface area contributed by atoms with E-state index in [1.807, 2.05) is 38.1 Å². The van der Waals surface area contributed by atoms with Crippen LogP contribution >= 0.6 is 0 Å². The molecular weight excluding hydrogens is 252 g/mol. The highest BCUT2D eigenvalue weighted by atomic mass is 16.5. The van der Waals surface area contributed by atoms with Gasteiger partial charge in [-0.05, 0) is 45.4 Å². The number of carbonyl (C=O) groups excluding carboxylic acids is 1. The fourth-order valence-corrected chi connectivity index (χ4v) is 2.39. The van der Waals surface area contributed by atoms with E-state index in [9.17, 15) is 4.79 Å². The molecule has 20 heavy (non-hydrogen) atoms. The normalized spacial score (nSPS) is 18.9. The molecule has 1 atom stereocenters. The summed E-state index contributed by atoms with van der Waals surface area (Å²) in [5, 5.41) is 6.28. The van der Waals surface area contributed by atoms with Crippen molar-refractivity contribution in [3.8, 4) is 5.75 Å². The van der Waals surface area contributed by atoms with Crippen LogP contribution in [0.4, 0.5) is 0 Å². The molecule has 1 aliphatic heterocycles. The van der Waals surface area contributed by atoms with Crippen LogP contribution in [0.25, 0.3) is 0 Å². The Kier molecular flexibility index (Phi) is 5.41. The Bertz CT molecular complexity index is 440. The molecule has 1 amide bonds. The van der Waals surface area contributed by atoms with E-state index in [4.69, 9.17) is 4.74 Å². The molecule has 0 saturated carbocycles. The molecule has 2 rings (SSSR count). The maximum atomic E-state index is 12.1. The Morgan fingerprint density at radius 3 is 2.95 bits per heavy atom. The molecule has 1 saturated heterocycles. The third-order valence-corrected chi connectivity index (χ3v) is 3.42. The zero-order valence-corrected chi connectivity index (χ0v) is 12.3. The molecule has 1 heterocycles. The molecule has 4 heteroatoms. The number of piperidine rings is 1. The van der Waals surface area contributed by atoms with Gasteiger partial charge in [-0.1, -0.05) is 12.1 Å². The first-order chi connectivity index (χ1) is 9.66. The molecule has 4 nitrogen and oxygen atoms in total. The van der Waals surface area contributed by atoms with Crippen molar-refractivity contribution in [3.05, 3.63) is 29.8 Å². The summed E-state index contributed by atoms with van der Waals surface area (Å²) >= 11 is 0. The lowest BCUT2D eigenvalue weighted by atomic mass is 10.0. The average molecular weight is 276 g/mol. The van der Waals surface area contributed by atoms with Gasteiger partial charge in [-0.15, -0.1) is 0 Å². The highest BCUT2D eigenvalue weighted by molar-refractivity contribution is 5.97. The van der Waals surface area contributed by atoms with E-state index in [0.717, 1.165) is 13.1 Å². The summed E-state index contributed by atoms with van der Waals surface area (Å²) in [7, 11) is 0. The quantitative estimate of drug-likeness (QED) is 0.867. The second-order valence-electron chi connectivity index (χ2n) is 5.65. The minimum Gasteiger partial charge on any atom is -0.492 e. The van der Waals surface area contributed by atoms with Crippen LogP contribution in [0.15, 0.2) is 24.3 Å². The van der Waals surface area contributed by atoms with E-state index >= 15 is 0 Å². The smallest absolute Gasteiger partial charge is 0.255 e. The van der Waals surface area contributed by atoms with Crippen LogP contribution in [-0.4, -0.2) is 31.6 Å². The fourth-order valence-electron chi connectivity index (χ4n) is 2.39. The Hall–Kier alpha value is -1.55. The highest BCUT2D eigenvalue weighted by Gasteiger charge is 2.16. The summed E-state index contributed by atoms with van der Waals surface area (Å²) in [6, 6.07) is 7.57. The van der Waals surface area contributed by atoms with Gasteiger partial charge in [0.25, 0.3) is 5.91 Å². The predicted octanol–water partition coefficient (Wildman–Crippen LogP) is 2.20. The molecule has 0 spiro atoms. The SMILES string of the molecule is CC(C)NC(=O)c1ccccc1OCC1CCCNC1. The fraction of sp³-hybridized carbons (Fsp3) is 0.562. The van der Waals surface area contributed by atoms with Crippen LogP contribution in [0.2, 0.25) is 0 Å². The second-order valence-corrected chi connectivity index (χ2v) is 5.65. The Morgan fingerprint density at radius 2 is 2.25 bits per heavy atom. The lowest BCUT2D eigenvalue weighted by Crippen LogP contribution is -2.33. The van der Waals surface area contributed by atoms with Gasteiger partial charge in [0.15, 0.2) is 0 Å². The minimum absolute atomic E-state index is 0.0719. The molecule has 0 aromatic heterocycles. The lowest BCUT2D eigenvalue weighted by Gasteiger charge is -2.23. The van der Waals surface area contributed by atoms with Gasteiger partial charge in [-0.25, -0.2) is 0 Å². The van der Waals surface area contributed by atoms with Gasteiger partial charge in [-0.2, -0.15) is 0 Å². The Morgan fingerprint density at radius 1 is 1.45 bits per heavy atom. The van der Waals surface area contributed by atoms with E-state index in [-0.39, 0.29) is 11.9 Å². The maximum Gasteiger partial charge on any atom is 0.255 e. The number of carbonyl (C=O) groups is 1. The lowest BCUT2D eigenvalue weighted by molar-refractivity contribution is 0.0937. The van der Waals surface area contributed by atoms with E-state index in [2.05, 4.69) is 10.6 Å². The number of nitrogens with one attached hydrogen (secondary N) is 2. The van der Waals surface area contributed by atoms with Gasteiger partial charge in [-0.3, -0.25) is 4.79 Å². The summed E-state index contributed by atoms with van der Waals surface area (Å²) in [6.07, 6.45) is 2.39. The summed E-state index contributed by atoms with van der Waals surface area (Å²) in [6.45, 7) is 6.67. The highest BCUT2D eigenvalue weighted by Crippen LogP contribution is 2.20. The molecule has 1 aromatic rings. The first kappa shape index (κ1) is 14.9. The van der Waals surface area contributed by atoms with Gasteiger partial charge >= 0.3 is 0 Å². The molecule has 1 fully saturated rings. The summed E-state index contributed by atoms with van der Waals surface area (Å²) in [5.74, 6) is 1.14. The zero-order valence-electron chi connectivity index (χ0n) is 12.3. The topological polar surface area (TPSA) is 50.4 Å². The van der Waals surface area contributed by atoms with Crippen molar-refractivity contribution in [2.45, 2.75) is 32.7 Å². The number of benzene rings is 1. The summed E-state index contributed by atoms with van der Waals surface area (Å²) in [4.78, 5) is 12.1. The van der Waals surface area contributed by atoms with Crippen molar-refractivity contribution in [2.75, 3.05) is 19.7 Å². The van der Waals surface area contributed by atoms with Gasteiger partial charge in [0.05, 0.1) is 12.2 Å². The molecule has 1 unspecified atom stereocenters.